The van der Waals surface area contributed by atoms with Crippen molar-refractivity contribution in [2.75, 3.05) is 0 Å². The zero-order chi connectivity index (χ0) is 19.6. The minimum Gasteiger partial charge on any atom is -0.506 e. The Hall–Kier alpha value is -3.39. The Balaban J connectivity index is 0.000000142. The first-order valence-corrected chi connectivity index (χ1v) is 10.3. The number of pyridine rings is 1. The van der Waals surface area contributed by atoms with Gasteiger partial charge in [0.1, 0.15) is 11.3 Å². The Morgan fingerprint density at radius 1 is 0.621 bits per heavy atom. The SMILES string of the molecule is Oc1cccc2cccnc12.c1ccc2c(c1)ccc1c3c(ccc12)CCCC3. The van der Waals surface area contributed by atoms with Gasteiger partial charge in [0.25, 0.3) is 0 Å². The largest absolute Gasteiger partial charge is 0.506 e. The lowest BCUT2D eigenvalue weighted by Crippen LogP contribution is -2.02. The summed E-state index contributed by atoms with van der Waals surface area (Å²) in [4.78, 5) is 4.03. The molecular formula is C27H23NO. The lowest BCUT2D eigenvalue weighted by molar-refractivity contribution is 0.480. The van der Waals surface area contributed by atoms with E-state index < -0.39 is 0 Å². The molecule has 142 valence electrons. The van der Waals surface area contributed by atoms with Gasteiger partial charge in [-0.05, 0) is 70.5 Å². The van der Waals surface area contributed by atoms with Gasteiger partial charge in [-0.2, -0.15) is 0 Å². The van der Waals surface area contributed by atoms with Crippen LogP contribution in [-0.2, 0) is 12.8 Å². The van der Waals surface area contributed by atoms with Gasteiger partial charge in [0.2, 0.25) is 0 Å². The first-order chi connectivity index (χ1) is 14.3. The van der Waals surface area contributed by atoms with Crippen LogP contribution in [0.2, 0.25) is 0 Å². The van der Waals surface area contributed by atoms with Crippen LogP contribution in [0.4, 0.5) is 0 Å². The fourth-order valence-electron chi connectivity index (χ4n) is 4.43. The molecule has 29 heavy (non-hydrogen) atoms. The summed E-state index contributed by atoms with van der Waals surface area (Å²) in [5, 5.41) is 15.9. The summed E-state index contributed by atoms with van der Waals surface area (Å²) in [6.45, 7) is 0. The maximum absolute atomic E-state index is 9.31. The van der Waals surface area contributed by atoms with Crippen LogP contribution in [0, 0.1) is 0 Å². The minimum absolute atomic E-state index is 0.239. The van der Waals surface area contributed by atoms with E-state index in [1.807, 2.05) is 18.2 Å². The highest BCUT2D eigenvalue weighted by molar-refractivity contribution is 6.08. The number of aryl methyl sites for hydroxylation is 2. The summed E-state index contributed by atoms with van der Waals surface area (Å²) in [6.07, 6.45) is 6.89. The van der Waals surface area contributed by atoms with Gasteiger partial charge in [-0.1, -0.05) is 66.7 Å². The van der Waals surface area contributed by atoms with E-state index in [-0.39, 0.29) is 5.75 Å². The van der Waals surface area contributed by atoms with E-state index >= 15 is 0 Å². The summed E-state index contributed by atoms with van der Waals surface area (Å²) in [5.74, 6) is 0.239. The quantitative estimate of drug-likeness (QED) is 0.301. The van der Waals surface area contributed by atoms with Crippen molar-refractivity contribution in [3.63, 3.8) is 0 Å². The molecule has 2 heteroatoms. The van der Waals surface area contributed by atoms with Crippen LogP contribution in [0.25, 0.3) is 32.4 Å². The molecule has 0 bridgehead atoms. The van der Waals surface area contributed by atoms with Crippen LogP contribution < -0.4 is 0 Å². The third-order valence-corrected chi connectivity index (χ3v) is 5.87. The van der Waals surface area contributed by atoms with Gasteiger partial charge in [-0.25, -0.2) is 0 Å². The fourth-order valence-corrected chi connectivity index (χ4v) is 4.43. The second-order valence-electron chi connectivity index (χ2n) is 7.64. The molecule has 0 saturated carbocycles. The summed E-state index contributed by atoms with van der Waals surface area (Å²) in [5.41, 5.74) is 3.84. The van der Waals surface area contributed by atoms with Crippen molar-refractivity contribution in [2.45, 2.75) is 25.7 Å². The topological polar surface area (TPSA) is 33.1 Å². The lowest BCUT2D eigenvalue weighted by Gasteiger charge is -2.18. The number of aromatic nitrogens is 1. The zero-order valence-electron chi connectivity index (χ0n) is 16.3. The Labute approximate surface area is 170 Å². The molecule has 0 fully saturated rings. The number of hydrogen-bond donors (Lipinski definition) is 1. The summed E-state index contributed by atoms with van der Waals surface area (Å²) in [7, 11) is 0. The number of benzene rings is 4. The van der Waals surface area contributed by atoms with E-state index in [1.165, 1.54) is 47.2 Å². The standard InChI is InChI=1S/C18H16.C9H7NO/c1-3-7-15-13(5-1)9-11-18-16-8-4-2-6-14(16)10-12-17(15)18;11-8-5-1-3-7-4-2-6-10-9(7)8/h1,3,5,7,9-12H,2,4,6,8H2;1-6,11H. The number of phenolic OH excluding ortho intramolecular Hbond substituents is 1. The van der Waals surface area contributed by atoms with Crippen molar-refractivity contribution in [2.24, 2.45) is 0 Å². The van der Waals surface area contributed by atoms with Gasteiger partial charge in [0.15, 0.2) is 0 Å². The molecule has 5 aromatic rings. The van der Waals surface area contributed by atoms with Crippen molar-refractivity contribution < 1.29 is 5.11 Å². The molecule has 2 nitrogen and oxygen atoms in total. The van der Waals surface area contributed by atoms with Gasteiger partial charge in [-0.15, -0.1) is 0 Å². The van der Waals surface area contributed by atoms with Gasteiger partial charge in [-0.3, -0.25) is 4.98 Å². The van der Waals surface area contributed by atoms with Crippen molar-refractivity contribution >= 4 is 32.4 Å². The van der Waals surface area contributed by atoms with E-state index in [0.717, 1.165) is 5.39 Å². The van der Waals surface area contributed by atoms with E-state index in [1.54, 1.807) is 29.5 Å². The number of hydrogen-bond acceptors (Lipinski definition) is 2. The molecule has 0 aliphatic heterocycles. The normalized spacial score (nSPS) is 13.1. The van der Waals surface area contributed by atoms with E-state index in [2.05, 4.69) is 53.5 Å². The number of fused-ring (bicyclic) bond motifs is 6. The molecule has 6 rings (SSSR count). The monoisotopic (exact) mass is 377 g/mol. The molecular weight excluding hydrogens is 354 g/mol. The molecule has 0 saturated heterocycles. The van der Waals surface area contributed by atoms with Crippen LogP contribution in [0.15, 0.2) is 85.1 Å². The van der Waals surface area contributed by atoms with Gasteiger partial charge >= 0.3 is 0 Å². The molecule has 0 radical (unpaired) electrons. The van der Waals surface area contributed by atoms with Crippen molar-refractivity contribution in [1.82, 2.24) is 4.98 Å². The Morgan fingerprint density at radius 3 is 2.34 bits per heavy atom. The number of phenols is 1. The summed E-state index contributed by atoms with van der Waals surface area (Å²) < 4.78 is 0. The molecule has 1 aromatic heterocycles. The number of aromatic hydroxyl groups is 1. The molecule has 1 aliphatic rings. The van der Waals surface area contributed by atoms with E-state index in [0.29, 0.717) is 5.52 Å². The highest BCUT2D eigenvalue weighted by atomic mass is 16.3. The maximum atomic E-state index is 9.31. The van der Waals surface area contributed by atoms with Crippen molar-refractivity contribution in [3.05, 3.63) is 96.2 Å². The first-order valence-electron chi connectivity index (χ1n) is 10.3. The zero-order valence-corrected chi connectivity index (χ0v) is 16.3. The average molecular weight is 377 g/mol. The number of para-hydroxylation sites is 1. The van der Waals surface area contributed by atoms with E-state index in [9.17, 15) is 5.11 Å². The third kappa shape index (κ3) is 3.31. The second-order valence-corrected chi connectivity index (χ2v) is 7.64. The van der Waals surface area contributed by atoms with E-state index in [4.69, 9.17) is 0 Å². The molecule has 0 unspecified atom stereocenters. The molecule has 0 amide bonds. The summed E-state index contributed by atoms with van der Waals surface area (Å²) >= 11 is 0. The first kappa shape index (κ1) is 17.7. The smallest absolute Gasteiger partial charge is 0.141 e. The lowest BCUT2D eigenvalue weighted by atomic mass is 9.86. The molecule has 0 spiro atoms. The molecule has 4 aromatic carbocycles. The van der Waals surface area contributed by atoms with Gasteiger partial charge < -0.3 is 5.11 Å². The molecule has 1 aliphatic carbocycles. The highest BCUT2D eigenvalue weighted by Crippen LogP contribution is 2.33. The van der Waals surface area contributed by atoms with Gasteiger partial charge in [0, 0.05) is 11.6 Å². The Morgan fingerprint density at radius 2 is 1.41 bits per heavy atom. The fraction of sp³-hybridized carbons (Fsp3) is 0.148. The molecule has 1 N–H and O–H groups in total. The number of nitrogens with zero attached hydrogens (tertiary/aromatic N) is 1. The maximum Gasteiger partial charge on any atom is 0.141 e. The third-order valence-electron chi connectivity index (χ3n) is 5.87. The summed E-state index contributed by atoms with van der Waals surface area (Å²) in [6, 6.07) is 27.1. The van der Waals surface area contributed by atoms with Crippen LogP contribution in [0.5, 0.6) is 5.75 Å². The van der Waals surface area contributed by atoms with Crippen molar-refractivity contribution in [1.29, 1.82) is 0 Å². The number of rotatable bonds is 0. The Kier molecular flexibility index (Phi) is 4.61. The Bertz CT molecular complexity index is 1320. The second kappa shape index (κ2) is 7.56. The predicted molar refractivity (Wildman–Crippen MR) is 122 cm³/mol. The average Bonchev–Trinajstić information content (AvgIpc) is 2.79. The van der Waals surface area contributed by atoms with Crippen LogP contribution in [-0.4, -0.2) is 10.1 Å². The predicted octanol–water partition coefficient (Wildman–Crippen LogP) is 6.81. The highest BCUT2D eigenvalue weighted by Gasteiger charge is 2.13. The van der Waals surface area contributed by atoms with Crippen LogP contribution in [0.1, 0.15) is 24.0 Å². The van der Waals surface area contributed by atoms with Gasteiger partial charge in [0.05, 0.1) is 0 Å². The van der Waals surface area contributed by atoms with Crippen LogP contribution >= 0.6 is 0 Å². The molecule has 1 heterocycles. The van der Waals surface area contributed by atoms with Crippen molar-refractivity contribution in [3.8, 4) is 5.75 Å². The minimum atomic E-state index is 0.239. The van der Waals surface area contributed by atoms with Crippen LogP contribution in [0.3, 0.4) is 0 Å². The molecule has 0 atom stereocenters.